The van der Waals surface area contributed by atoms with Crippen molar-refractivity contribution >= 4 is 21.8 Å². The first-order valence-electron chi connectivity index (χ1n) is 8.78. The van der Waals surface area contributed by atoms with Crippen LogP contribution in [-0.2, 0) is 6.42 Å². The molecule has 0 saturated carbocycles. The second kappa shape index (κ2) is 7.14. The molecule has 1 aliphatic carbocycles. The van der Waals surface area contributed by atoms with Gasteiger partial charge in [-0.3, -0.25) is 9.80 Å². The number of hydrogen-bond acceptors (Lipinski definition) is 2. The van der Waals surface area contributed by atoms with Crippen molar-refractivity contribution in [3.63, 3.8) is 0 Å². The average molecular weight is 397 g/mol. The van der Waals surface area contributed by atoms with Crippen molar-refractivity contribution in [1.82, 2.24) is 10.4 Å². The highest BCUT2D eigenvalue weighted by Crippen LogP contribution is 2.34. The van der Waals surface area contributed by atoms with Gasteiger partial charge in [0, 0.05) is 22.0 Å². The van der Waals surface area contributed by atoms with Gasteiger partial charge in [0.15, 0.2) is 0 Å². The number of hydrazine groups is 1. The number of allylic oxidation sites excluding steroid dienone is 1. The smallest absolute Gasteiger partial charge is 0.268 e. The van der Waals surface area contributed by atoms with E-state index in [4.69, 9.17) is 0 Å². The number of carbonyl (C=O) groups excluding carboxylic acids is 1. The third kappa shape index (κ3) is 3.42. The molecule has 1 aliphatic heterocycles. The summed E-state index contributed by atoms with van der Waals surface area (Å²) >= 11 is 3.42. The Morgan fingerprint density at radius 2 is 1.88 bits per heavy atom. The largest absolute Gasteiger partial charge is 0.268 e. The van der Waals surface area contributed by atoms with E-state index in [9.17, 15) is 4.79 Å². The summed E-state index contributed by atoms with van der Waals surface area (Å²) < 4.78 is 0.984. The summed E-state index contributed by atoms with van der Waals surface area (Å²) in [6.07, 6.45) is 7.50. The molecule has 2 aliphatic rings. The quantitative estimate of drug-likeness (QED) is 0.778. The van der Waals surface area contributed by atoms with E-state index in [-0.39, 0.29) is 11.9 Å². The van der Waals surface area contributed by atoms with Gasteiger partial charge < -0.3 is 0 Å². The molecule has 4 heteroatoms. The molecular weight excluding hydrogens is 376 g/mol. The molecule has 128 valence electrons. The fraction of sp³-hybridized carbons (Fsp3) is 0.286. The molecule has 0 unspecified atom stereocenters. The van der Waals surface area contributed by atoms with Gasteiger partial charge in [-0.1, -0.05) is 58.4 Å². The van der Waals surface area contributed by atoms with E-state index >= 15 is 0 Å². The molecule has 1 saturated heterocycles. The molecular formula is C21H21BrN2O. The SMILES string of the molecule is O=C(c1ccc(Br)cc1)N1N[C@H](CCc2ccccc2)[C@@H]2CC=C[C@@H]21. The monoisotopic (exact) mass is 396 g/mol. The summed E-state index contributed by atoms with van der Waals surface area (Å²) in [5, 5.41) is 1.84. The molecule has 4 rings (SSSR count). The average Bonchev–Trinajstić information content (AvgIpc) is 3.24. The van der Waals surface area contributed by atoms with E-state index in [1.165, 1.54) is 5.56 Å². The van der Waals surface area contributed by atoms with Crippen molar-refractivity contribution in [1.29, 1.82) is 0 Å². The van der Waals surface area contributed by atoms with Crippen LogP contribution < -0.4 is 5.43 Å². The summed E-state index contributed by atoms with van der Waals surface area (Å²) in [5.74, 6) is 0.527. The zero-order valence-corrected chi connectivity index (χ0v) is 15.5. The number of fused-ring (bicyclic) bond motifs is 1. The summed E-state index contributed by atoms with van der Waals surface area (Å²) in [6, 6.07) is 18.6. The Morgan fingerprint density at radius 1 is 1.12 bits per heavy atom. The first kappa shape index (κ1) is 16.6. The molecule has 1 fully saturated rings. The van der Waals surface area contributed by atoms with Gasteiger partial charge in [-0.25, -0.2) is 5.43 Å². The van der Waals surface area contributed by atoms with E-state index in [0.717, 1.165) is 29.3 Å². The van der Waals surface area contributed by atoms with Crippen LogP contribution in [0.2, 0.25) is 0 Å². The number of nitrogens with zero attached hydrogens (tertiary/aromatic N) is 1. The van der Waals surface area contributed by atoms with Crippen LogP contribution in [0.5, 0.6) is 0 Å². The predicted molar refractivity (Wildman–Crippen MR) is 103 cm³/mol. The van der Waals surface area contributed by atoms with Gasteiger partial charge in [0.05, 0.1) is 6.04 Å². The van der Waals surface area contributed by atoms with Gasteiger partial charge in [0.1, 0.15) is 0 Å². The lowest BCUT2D eigenvalue weighted by molar-refractivity contribution is 0.0667. The van der Waals surface area contributed by atoms with Crippen LogP contribution in [0.3, 0.4) is 0 Å². The number of amides is 1. The van der Waals surface area contributed by atoms with Crippen LogP contribution in [0.15, 0.2) is 71.2 Å². The number of carbonyl (C=O) groups is 1. The highest BCUT2D eigenvalue weighted by Gasteiger charge is 2.43. The normalized spacial score (nSPS) is 24.5. The van der Waals surface area contributed by atoms with Crippen molar-refractivity contribution in [2.24, 2.45) is 5.92 Å². The third-order valence-corrected chi connectivity index (χ3v) is 5.73. The van der Waals surface area contributed by atoms with Crippen molar-refractivity contribution in [2.45, 2.75) is 31.3 Å². The molecule has 0 aromatic heterocycles. The molecule has 3 nitrogen and oxygen atoms in total. The minimum Gasteiger partial charge on any atom is -0.268 e. The number of hydrogen-bond donors (Lipinski definition) is 1. The Balaban J connectivity index is 1.47. The van der Waals surface area contributed by atoms with Gasteiger partial charge >= 0.3 is 0 Å². The molecule has 0 radical (unpaired) electrons. The Kier molecular flexibility index (Phi) is 4.73. The Bertz CT molecular complexity index is 772. The maximum atomic E-state index is 12.9. The number of aryl methyl sites for hydroxylation is 1. The van der Waals surface area contributed by atoms with E-state index in [2.05, 4.69) is 57.8 Å². The molecule has 1 amide bonds. The predicted octanol–water partition coefficient (Wildman–Crippen LogP) is 4.36. The molecule has 0 spiro atoms. The van der Waals surface area contributed by atoms with Gasteiger partial charge in [0.25, 0.3) is 5.91 Å². The second-order valence-electron chi connectivity index (χ2n) is 6.76. The molecule has 1 heterocycles. The van der Waals surface area contributed by atoms with Crippen molar-refractivity contribution in [2.75, 3.05) is 0 Å². The standard InChI is InChI=1S/C21H21BrN2O/c22-17-12-10-16(11-13-17)21(25)24-20-8-4-7-18(20)19(23-24)14-9-15-5-2-1-3-6-15/h1-6,8,10-13,18-20,23H,7,9,14H2/t18-,19+,20-/m0/s1. The summed E-state index contributed by atoms with van der Waals surface area (Å²) in [7, 11) is 0. The highest BCUT2D eigenvalue weighted by molar-refractivity contribution is 9.10. The minimum atomic E-state index is 0.0521. The van der Waals surface area contributed by atoms with Crippen molar-refractivity contribution in [3.8, 4) is 0 Å². The lowest BCUT2D eigenvalue weighted by atomic mass is 9.91. The van der Waals surface area contributed by atoms with Crippen LogP contribution in [-0.4, -0.2) is 23.0 Å². The Hall–Kier alpha value is -1.91. The zero-order chi connectivity index (χ0) is 17.2. The first-order chi connectivity index (χ1) is 12.2. The molecule has 2 aromatic rings. The molecule has 1 N–H and O–H groups in total. The minimum absolute atomic E-state index is 0.0521. The summed E-state index contributed by atoms with van der Waals surface area (Å²) in [5.41, 5.74) is 5.57. The molecule has 0 bridgehead atoms. The summed E-state index contributed by atoms with van der Waals surface area (Å²) in [6.45, 7) is 0. The fourth-order valence-corrected chi connectivity index (χ4v) is 4.13. The zero-order valence-electron chi connectivity index (χ0n) is 13.9. The topological polar surface area (TPSA) is 32.3 Å². The fourth-order valence-electron chi connectivity index (χ4n) is 3.87. The number of halogens is 1. The molecule has 3 atom stereocenters. The van der Waals surface area contributed by atoms with Gasteiger partial charge in [0.2, 0.25) is 0 Å². The van der Waals surface area contributed by atoms with Crippen LogP contribution in [0, 0.1) is 5.92 Å². The number of rotatable bonds is 4. The number of nitrogens with one attached hydrogen (secondary N) is 1. The second-order valence-corrected chi connectivity index (χ2v) is 7.68. The Labute approximate surface area is 156 Å². The van der Waals surface area contributed by atoms with Crippen LogP contribution in [0.25, 0.3) is 0 Å². The Morgan fingerprint density at radius 3 is 2.64 bits per heavy atom. The lowest BCUT2D eigenvalue weighted by Gasteiger charge is -2.22. The van der Waals surface area contributed by atoms with Gasteiger partial charge in [-0.15, -0.1) is 0 Å². The van der Waals surface area contributed by atoms with Crippen LogP contribution in [0.1, 0.15) is 28.8 Å². The van der Waals surface area contributed by atoms with Crippen LogP contribution in [0.4, 0.5) is 0 Å². The number of benzene rings is 2. The summed E-state index contributed by atoms with van der Waals surface area (Å²) in [4.78, 5) is 12.9. The maximum Gasteiger partial charge on any atom is 0.268 e. The van der Waals surface area contributed by atoms with Gasteiger partial charge in [-0.05, 0) is 49.1 Å². The first-order valence-corrected chi connectivity index (χ1v) is 9.57. The van der Waals surface area contributed by atoms with E-state index in [1.807, 2.05) is 35.3 Å². The van der Waals surface area contributed by atoms with Crippen molar-refractivity contribution in [3.05, 3.63) is 82.3 Å². The lowest BCUT2D eigenvalue weighted by Crippen LogP contribution is -2.43. The maximum absolute atomic E-state index is 12.9. The van der Waals surface area contributed by atoms with Gasteiger partial charge in [-0.2, -0.15) is 0 Å². The third-order valence-electron chi connectivity index (χ3n) is 5.20. The van der Waals surface area contributed by atoms with E-state index < -0.39 is 0 Å². The van der Waals surface area contributed by atoms with Crippen molar-refractivity contribution < 1.29 is 4.79 Å². The molecule has 2 aromatic carbocycles. The molecule has 25 heavy (non-hydrogen) atoms. The van der Waals surface area contributed by atoms with E-state index in [0.29, 0.717) is 12.0 Å². The van der Waals surface area contributed by atoms with Crippen LogP contribution >= 0.6 is 15.9 Å². The highest BCUT2D eigenvalue weighted by atomic mass is 79.9. The van der Waals surface area contributed by atoms with E-state index in [1.54, 1.807) is 0 Å².